The zero-order valence-corrected chi connectivity index (χ0v) is 8.32. The highest BCUT2D eigenvalue weighted by molar-refractivity contribution is 5.81. The summed E-state index contributed by atoms with van der Waals surface area (Å²) in [6.45, 7) is 5.88. The van der Waals surface area contributed by atoms with E-state index in [0.717, 1.165) is 19.6 Å². The molecule has 4 nitrogen and oxygen atoms in total. The Balaban J connectivity index is 2.52. The van der Waals surface area contributed by atoms with Crippen LogP contribution in [0.3, 0.4) is 0 Å². The van der Waals surface area contributed by atoms with Gasteiger partial charge in [-0.3, -0.25) is 4.79 Å². The Morgan fingerprint density at radius 2 is 2.38 bits per heavy atom. The molecule has 4 heteroatoms. The molecule has 0 saturated carbocycles. The number of rotatable bonds is 1. The van der Waals surface area contributed by atoms with Gasteiger partial charge >= 0.3 is 0 Å². The maximum absolute atomic E-state index is 11.5. The molecular weight excluding hydrogens is 168 g/mol. The van der Waals surface area contributed by atoms with Gasteiger partial charge in [0, 0.05) is 19.7 Å². The molecule has 2 unspecified atom stereocenters. The molecule has 76 valence electrons. The van der Waals surface area contributed by atoms with Crippen LogP contribution in [-0.2, 0) is 9.53 Å². The van der Waals surface area contributed by atoms with Crippen molar-refractivity contribution in [1.29, 1.82) is 0 Å². The average molecular weight is 186 g/mol. The molecule has 0 bridgehead atoms. The van der Waals surface area contributed by atoms with E-state index < -0.39 is 6.04 Å². The van der Waals surface area contributed by atoms with Crippen LogP contribution < -0.4 is 5.73 Å². The van der Waals surface area contributed by atoms with Crippen LogP contribution in [0.5, 0.6) is 0 Å². The highest BCUT2D eigenvalue weighted by atomic mass is 16.5. The maximum Gasteiger partial charge on any atom is 0.239 e. The highest BCUT2D eigenvalue weighted by Crippen LogP contribution is 2.06. The second kappa shape index (κ2) is 4.58. The first-order valence-corrected chi connectivity index (χ1v) is 4.77. The molecule has 1 aliphatic rings. The van der Waals surface area contributed by atoms with Crippen LogP contribution in [0.4, 0.5) is 0 Å². The van der Waals surface area contributed by atoms with Crippen molar-refractivity contribution in [1.82, 2.24) is 4.90 Å². The smallest absolute Gasteiger partial charge is 0.239 e. The molecule has 0 aromatic heterocycles. The molecule has 13 heavy (non-hydrogen) atoms. The molecular formula is C9H18N2O2. The van der Waals surface area contributed by atoms with E-state index in [-0.39, 0.29) is 12.0 Å². The second-order valence-electron chi connectivity index (χ2n) is 3.61. The fourth-order valence-electron chi connectivity index (χ4n) is 1.48. The summed E-state index contributed by atoms with van der Waals surface area (Å²) in [5.74, 6) is 0.0253. The second-order valence-corrected chi connectivity index (χ2v) is 3.61. The molecule has 0 aromatic carbocycles. The molecule has 0 spiro atoms. The van der Waals surface area contributed by atoms with E-state index in [0.29, 0.717) is 6.54 Å². The molecule has 1 rings (SSSR count). The third-order valence-corrected chi connectivity index (χ3v) is 2.15. The molecule has 2 N–H and O–H groups in total. The van der Waals surface area contributed by atoms with E-state index >= 15 is 0 Å². The summed E-state index contributed by atoms with van der Waals surface area (Å²) in [5.41, 5.74) is 5.53. The number of amides is 1. The van der Waals surface area contributed by atoms with Gasteiger partial charge in [0.1, 0.15) is 0 Å². The van der Waals surface area contributed by atoms with Gasteiger partial charge in [0.2, 0.25) is 5.91 Å². The zero-order valence-electron chi connectivity index (χ0n) is 8.32. The van der Waals surface area contributed by atoms with Gasteiger partial charge in [-0.1, -0.05) is 0 Å². The fraction of sp³-hybridized carbons (Fsp3) is 0.889. The van der Waals surface area contributed by atoms with Gasteiger partial charge in [-0.2, -0.15) is 0 Å². The van der Waals surface area contributed by atoms with E-state index in [1.807, 2.05) is 6.92 Å². The Morgan fingerprint density at radius 1 is 1.69 bits per heavy atom. The summed E-state index contributed by atoms with van der Waals surface area (Å²) in [4.78, 5) is 13.3. The minimum Gasteiger partial charge on any atom is -0.377 e. The summed E-state index contributed by atoms with van der Waals surface area (Å²) < 4.78 is 5.43. The Kier molecular flexibility index (Phi) is 3.69. The summed E-state index contributed by atoms with van der Waals surface area (Å²) in [5, 5.41) is 0. The zero-order chi connectivity index (χ0) is 9.84. The molecule has 2 atom stereocenters. The van der Waals surface area contributed by atoms with E-state index in [4.69, 9.17) is 10.5 Å². The van der Waals surface area contributed by atoms with E-state index in [2.05, 4.69) is 0 Å². The Bertz CT molecular complexity index is 182. The van der Waals surface area contributed by atoms with Gasteiger partial charge in [-0.15, -0.1) is 0 Å². The quantitative estimate of drug-likeness (QED) is 0.625. The highest BCUT2D eigenvalue weighted by Gasteiger charge is 2.21. The molecule has 0 aliphatic carbocycles. The van der Waals surface area contributed by atoms with Crippen LogP contribution in [0.25, 0.3) is 0 Å². The summed E-state index contributed by atoms with van der Waals surface area (Å²) in [7, 11) is 0. The number of carbonyl (C=O) groups excluding carboxylic acids is 1. The maximum atomic E-state index is 11.5. The lowest BCUT2D eigenvalue weighted by molar-refractivity contribution is -0.132. The lowest BCUT2D eigenvalue weighted by Crippen LogP contribution is -2.44. The van der Waals surface area contributed by atoms with Crippen molar-refractivity contribution in [2.75, 3.05) is 19.7 Å². The summed E-state index contributed by atoms with van der Waals surface area (Å²) in [6.07, 6.45) is 1.04. The summed E-state index contributed by atoms with van der Waals surface area (Å²) >= 11 is 0. The molecule has 0 radical (unpaired) electrons. The van der Waals surface area contributed by atoms with Gasteiger partial charge in [-0.25, -0.2) is 0 Å². The van der Waals surface area contributed by atoms with Crippen molar-refractivity contribution in [3.8, 4) is 0 Å². The SMILES string of the molecule is CC1CN(C(=O)C(C)N)CCCO1. The van der Waals surface area contributed by atoms with Crippen molar-refractivity contribution in [2.24, 2.45) is 5.73 Å². The van der Waals surface area contributed by atoms with Crippen LogP contribution in [0.2, 0.25) is 0 Å². The monoisotopic (exact) mass is 186 g/mol. The number of hydrogen-bond acceptors (Lipinski definition) is 3. The predicted octanol–water partition coefficient (Wildman–Crippen LogP) is -0.0290. The normalized spacial score (nSPS) is 26.7. The number of ether oxygens (including phenoxy) is 1. The van der Waals surface area contributed by atoms with E-state index in [1.165, 1.54) is 0 Å². The average Bonchev–Trinajstić information content (AvgIpc) is 2.28. The van der Waals surface area contributed by atoms with Crippen LogP contribution in [0, 0.1) is 0 Å². The third kappa shape index (κ3) is 2.97. The number of nitrogens with zero attached hydrogens (tertiary/aromatic N) is 1. The van der Waals surface area contributed by atoms with E-state index in [1.54, 1.807) is 11.8 Å². The minimum atomic E-state index is -0.398. The summed E-state index contributed by atoms with van der Waals surface area (Å²) in [6, 6.07) is -0.398. The first kappa shape index (κ1) is 10.5. The minimum absolute atomic E-state index is 0.0253. The van der Waals surface area contributed by atoms with Crippen molar-refractivity contribution >= 4 is 5.91 Å². The van der Waals surface area contributed by atoms with Gasteiger partial charge in [0.15, 0.2) is 0 Å². The van der Waals surface area contributed by atoms with Crippen LogP contribution in [-0.4, -0.2) is 42.6 Å². The molecule has 1 saturated heterocycles. The lowest BCUT2D eigenvalue weighted by Gasteiger charge is -2.23. The Morgan fingerprint density at radius 3 is 3.00 bits per heavy atom. The Hall–Kier alpha value is -0.610. The number of carbonyl (C=O) groups is 1. The van der Waals surface area contributed by atoms with Crippen LogP contribution in [0.1, 0.15) is 20.3 Å². The predicted molar refractivity (Wildman–Crippen MR) is 50.3 cm³/mol. The molecule has 1 fully saturated rings. The van der Waals surface area contributed by atoms with Gasteiger partial charge < -0.3 is 15.4 Å². The number of hydrogen-bond donors (Lipinski definition) is 1. The first-order chi connectivity index (χ1) is 6.11. The third-order valence-electron chi connectivity index (χ3n) is 2.15. The standard InChI is InChI=1S/C9H18N2O2/c1-7-6-11(4-3-5-13-7)9(12)8(2)10/h7-8H,3-6,10H2,1-2H3. The van der Waals surface area contributed by atoms with Crippen molar-refractivity contribution in [3.63, 3.8) is 0 Å². The first-order valence-electron chi connectivity index (χ1n) is 4.77. The molecule has 1 aliphatic heterocycles. The van der Waals surface area contributed by atoms with Gasteiger partial charge in [0.05, 0.1) is 12.1 Å². The van der Waals surface area contributed by atoms with Gasteiger partial charge in [-0.05, 0) is 20.3 Å². The van der Waals surface area contributed by atoms with Crippen molar-refractivity contribution in [2.45, 2.75) is 32.4 Å². The molecule has 1 heterocycles. The fourth-order valence-corrected chi connectivity index (χ4v) is 1.48. The van der Waals surface area contributed by atoms with Crippen LogP contribution >= 0.6 is 0 Å². The van der Waals surface area contributed by atoms with E-state index in [9.17, 15) is 4.79 Å². The van der Waals surface area contributed by atoms with Crippen LogP contribution in [0.15, 0.2) is 0 Å². The largest absolute Gasteiger partial charge is 0.377 e. The van der Waals surface area contributed by atoms with Crippen molar-refractivity contribution in [3.05, 3.63) is 0 Å². The number of nitrogens with two attached hydrogens (primary N) is 1. The lowest BCUT2D eigenvalue weighted by atomic mass is 10.2. The molecule has 1 amide bonds. The Labute approximate surface area is 79.0 Å². The van der Waals surface area contributed by atoms with Crippen molar-refractivity contribution < 1.29 is 9.53 Å². The molecule has 0 aromatic rings. The topological polar surface area (TPSA) is 55.6 Å². The van der Waals surface area contributed by atoms with Gasteiger partial charge in [0.25, 0.3) is 0 Å².